The lowest BCUT2D eigenvalue weighted by Gasteiger charge is -2.40. The van der Waals surface area contributed by atoms with Crippen LogP contribution in [0, 0.1) is 17.3 Å². The zero-order valence-corrected chi connectivity index (χ0v) is 38.1. The van der Waals surface area contributed by atoms with Crippen molar-refractivity contribution in [2.24, 2.45) is 17.3 Å². The quantitative estimate of drug-likeness (QED) is 0.189. The molecule has 6 heterocycles. The number of carbonyl (C=O) groups is 4. The van der Waals surface area contributed by atoms with Gasteiger partial charge in [-0.1, -0.05) is 34.3 Å². The van der Waals surface area contributed by atoms with Crippen molar-refractivity contribution in [1.82, 2.24) is 30.2 Å². The molecule has 0 aliphatic carbocycles. The molecule has 5 atom stereocenters. The molecule has 3 fully saturated rings. The Bertz CT molecular complexity index is 2240. The van der Waals surface area contributed by atoms with Crippen molar-refractivity contribution in [3.05, 3.63) is 60.4 Å². The van der Waals surface area contributed by atoms with Crippen LogP contribution in [0.1, 0.15) is 71.2 Å². The summed E-state index contributed by atoms with van der Waals surface area (Å²) in [6, 6.07) is 6.98. The summed E-state index contributed by atoms with van der Waals surface area (Å²) in [6.07, 6.45) is -1.83. The number of halogens is 3. The molecule has 3 saturated heterocycles. The molecule has 4 aliphatic rings. The van der Waals surface area contributed by atoms with E-state index in [9.17, 15) is 32.3 Å². The van der Waals surface area contributed by atoms with E-state index >= 15 is 0 Å². The van der Waals surface area contributed by atoms with E-state index in [1.165, 1.54) is 22.8 Å². The molecule has 65 heavy (non-hydrogen) atoms. The average Bonchev–Trinajstić information content (AvgIpc) is 3.54. The smallest absolute Gasteiger partial charge is 0.406 e. The number of amides is 3. The molecule has 1 aromatic carbocycles. The van der Waals surface area contributed by atoms with Gasteiger partial charge in [-0.15, -0.1) is 0 Å². The third-order valence-electron chi connectivity index (χ3n) is 12.9. The van der Waals surface area contributed by atoms with Gasteiger partial charge >= 0.3 is 12.1 Å². The second-order valence-corrected chi connectivity index (χ2v) is 18.8. The van der Waals surface area contributed by atoms with Crippen molar-refractivity contribution in [2.45, 2.75) is 103 Å². The first-order chi connectivity index (χ1) is 30.9. The number of nitrogens with one attached hydrogen (secondary N) is 2. The summed E-state index contributed by atoms with van der Waals surface area (Å²) >= 11 is 0. The molecule has 6 bridgehead atoms. The van der Waals surface area contributed by atoms with Gasteiger partial charge in [-0.2, -0.15) is 13.2 Å². The largest absolute Gasteiger partial charge is 0.464 e. The number of aromatic nitrogens is 2. The minimum absolute atomic E-state index is 0.0661. The Labute approximate surface area is 377 Å². The fourth-order valence-corrected chi connectivity index (χ4v) is 9.22. The molecular weight excluding hydrogens is 848 g/mol. The van der Waals surface area contributed by atoms with E-state index in [0.717, 1.165) is 5.69 Å². The predicted molar refractivity (Wildman–Crippen MR) is 236 cm³/mol. The number of hydrazine groups is 1. The van der Waals surface area contributed by atoms with Crippen LogP contribution < -0.4 is 15.6 Å². The number of esters is 1. The monoisotopic (exact) mass is 909 g/mol. The molecule has 15 nitrogen and oxygen atoms in total. The van der Waals surface area contributed by atoms with Gasteiger partial charge in [0, 0.05) is 80.0 Å². The number of ether oxygens (including phenoxy) is 4. The second kappa shape index (κ2) is 19.8. The standard InChI is InChI=1S/C47H62F3N7O8/c1-8-40(58)55-23-32(24-55)64-25-36(28(2)3)43(59)52-38-20-31-22-54(17-18-63-31)30-13-14-39-34(19-30)35(21-46(5,6)27-65-45(61)37-12-10-16-57(53-37)44(38)60)42(56(39)26-47(48,49)50)33-11-9-15-51-41(33)29(4)62-7/h8-9,11,13-15,19,28-29,31-32,36-38,53H,1,10,12,16-18,20-27H2,2-7H3,(H,52,59)/t29-,31-,36?,37-,38-/m0/s1. The number of nitrogens with zero attached hydrogens (tertiary/aromatic N) is 5. The molecule has 18 heteroatoms. The summed E-state index contributed by atoms with van der Waals surface area (Å²) in [4.78, 5) is 62.8. The van der Waals surface area contributed by atoms with Crippen LogP contribution in [0.25, 0.3) is 22.2 Å². The number of carbonyl (C=O) groups excluding carboxylic acids is 4. The van der Waals surface area contributed by atoms with E-state index in [1.54, 1.807) is 36.2 Å². The van der Waals surface area contributed by atoms with Gasteiger partial charge in [0.05, 0.1) is 55.4 Å². The minimum Gasteiger partial charge on any atom is -0.464 e. The third kappa shape index (κ3) is 11.0. The van der Waals surface area contributed by atoms with Crippen molar-refractivity contribution < 1.29 is 51.3 Å². The molecule has 0 radical (unpaired) electrons. The first-order valence-corrected chi connectivity index (χ1v) is 22.5. The van der Waals surface area contributed by atoms with Crippen LogP contribution in [0.3, 0.4) is 0 Å². The van der Waals surface area contributed by atoms with Crippen molar-refractivity contribution in [3.8, 4) is 11.3 Å². The normalized spacial score (nSPS) is 23.1. The summed E-state index contributed by atoms with van der Waals surface area (Å²) in [5.41, 5.74) is 5.43. The number of cyclic esters (lactones) is 1. The topological polar surface area (TPSA) is 157 Å². The number of morpholine rings is 1. The highest BCUT2D eigenvalue weighted by atomic mass is 19.4. The third-order valence-corrected chi connectivity index (χ3v) is 12.9. The molecule has 3 amide bonds. The number of methoxy groups -OCH3 is 1. The maximum absolute atomic E-state index is 14.6. The van der Waals surface area contributed by atoms with Crippen molar-refractivity contribution in [2.75, 3.05) is 64.6 Å². The number of rotatable bonds is 11. The average molecular weight is 910 g/mol. The minimum atomic E-state index is -4.57. The molecule has 0 saturated carbocycles. The molecular formula is C47H62F3N7O8. The van der Waals surface area contributed by atoms with E-state index in [2.05, 4.69) is 27.2 Å². The fraction of sp³-hybridized carbons (Fsp3) is 0.596. The SMILES string of the molecule is C=CC(=O)N1CC(OCC(C(=O)N[C@H]2C[C@H]3CN(CCO3)c3ccc4c(c3)c(c(-c3cccnc3[C@H](C)OC)n4CC(F)(F)F)CC(C)(C)COC(=O)[C@@H]3CCCN(N3)C2=O)C(C)C)C1. The first-order valence-electron chi connectivity index (χ1n) is 22.5. The maximum atomic E-state index is 14.6. The van der Waals surface area contributed by atoms with Gasteiger partial charge in [-0.3, -0.25) is 29.2 Å². The van der Waals surface area contributed by atoms with Gasteiger partial charge in [0.1, 0.15) is 18.6 Å². The van der Waals surface area contributed by atoms with E-state index in [4.69, 9.17) is 18.9 Å². The van der Waals surface area contributed by atoms with Crippen LogP contribution in [0.2, 0.25) is 0 Å². The summed E-state index contributed by atoms with van der Waals surface area (Å²) in [6.45, 7) is 13.9. The van der Waals surface area contributed by atoms with Gasteiger partial charge in [-0.25, -0.2) is 5.43 Å². The molecule has 4 aliphatic heterocycles. The van der Waals surface area contributed by atoms with Crippen LogP contribution >= 0.6 is 0 Å². The maximum Gasteiger partial charge on any atom is 0.406 e. The molecule has 354 valence electrons. The molecule has 2 N–H and O–H groups in total. The Kier molecular flexibility index (Phi) is 14.6. The number of likely N-dealkylation sites (tertiary alicyclic amines) is 1. The van der Waals surface area contributed by atoms with E-state index in [1.807, 2.05) is 39.8 Å². The number of pyridine rings is 1. The Morgan fingerprint density at radius 2 is 1.89 bits per heavy atom. The summed E-state index contributed by atoms with van der Waals surface area (Å²) in [7, 11) is 1.53. The zero-order chi connectivity index (χ0) is 46.8. The molecule has 1 unspecified atom stereocenters. The highest BCUT2D eigenvalue weighted by Gasteiger charge is 2.40. The Hall–Kier alpha value is -5.04. The van der Waals surface area contributed by atoms with Crippen LogP contribution in [-0.4, -0.2) is 133 Å². The Morgan fingerprint density at radius 1 is 1.12 bits per heavy atom. The number of fused-ring (bicyclic) bond motifs is 6. The van der Waals surface area contributed by atoms with Crippen LogP contribution in [-0.2, 0) is 51.1 Å². The lowest BCUT2D eigenvalue weighted by Crippen LogP contribution is -2.61. The Balaban J connectivity index is 1.26. The number of anilines is 1. The summed E-state index contributed by atoms with van der Waals surface area (Å²) in [5.74, 6) is -2.35. The van der Waals surface area contributed by atoms with E-state index < -0.39 is 60.2 Å². The predicted octanol–water partition coefficient (Wildman–Crippen LogP) is 5.36. The second-order valence-electron chi connectivity index (χ2n) is 18.8. The fourth-order valence-electron chi connectivity index (χ4n) is 9.22. The Morgan fingerprint density at radius 3 is 2.60 bits per heavy atom. The van der Waals surface area contributed by atoms with Crippen molar-refractivity contribution in [1.29, 1.82) is 0 Å². The van der Waals surface area contributed by atoms with Crippen molar-refractivity contribution >= 4 is 40.3 Å². The summed E-state index contributed by atoms with van der Waals surface area (Å²) < 4.78 is 69.3. The first kappa shape index (κ1) is 47.9. The van der Waals surface area contributed by atoms with Gasteiger partial charge in [-0.05, 0) is 74.1 Å². The molecule has 2 aromatic heterocycles. The van der Waals surface area contributed by atoms with Crippen LogP contribution in [0.4, 0.5) is 18.9 Å². The number of hydrogen-bond donors (Lipinski definition) is 2. The van der Waals surface area contributed by atoms with E-state index in [-0.39, 0.29) is 63.0 Å². The number of alkyl halides is 3. The van der Waals surface area contributed by atoms with Crippen molar-refractivity contribution in [3.63, 3.8) is 0 Å². The zero-order valence-electron chi connectivity index (χ0n) is 38.1. The van der Waals surface area contributed by atoms with Gasteiger partial charge in [0.2, 0.25) is 11.8 Å². The lowest BCUT2D eigenvalue weighted by molar-refractivity contribution is -0.156. The number of hydrogen-bond acceptors (Lipinski definition) is 11. The molecule has 7 rings (SSSR count). The highest BCUT2D eigenvalue weighted by molar-refractivity contribution is 5.95. The van der Waals surface area contributed by atoms with Gasteiger partial charge < -0.3 is 38.6 Å². The molecule has 0 spiro atoms. The van der Waals surface area contributed by atoms with Gasteiger partial charge in [0.15, 0.2) is 0 Å². The summed E-state index contributed by atoms with van der Waals surface area (Å²) in [5, 5.41) is 5.02. The van der Waals surface area contributed by atoms with Crippen LogP contribution in [0.5, 0.6) is 0 Å². The van der Waals surface area contributed by atoms with Gasteiger partial charge in [0.25, 0.3) is 5.91 Å². The van der Waals surface area contributed by atoms with Crippen LogP contribution in [0.15, 0.2) is 49.2 Å². The number of benzene rings is 1. The van der Waals surface area contributed by atoms with E-state index in [0.29, 0.717) is 72.4 Å². The highest BCUT2D eigenvalue weighted by Crippen LogP contribution is 2.43. The molecule has 3 aromatic rings. The lowest BCUT2D eigenvalue weighted by atomic mass is 9.84.